The van der Waals surface area contributed by atoms with E-state index in [9.17, 15) is 9.59 Å². The number of methoxy groups -OCH3 is 3. The normalized spacial score (nSPS) is 15.5. The number of amides is 2. The highest BCUT2D eigenvalue weighted by Crippen LogP contribution is 2.40. The number of carbonyl (C=O) groups excluding carboxylic acids is 2. The lowest BCUT2D eigenvalue weighted by Crippen LogP contribution is -2.28. The average molecular weight is 371 g/mol. The van der Waals surface area contributed by atoms with Crippen molar-refractivity contribution in [2.75, 3.05) is 26.2 Å². The molecule has 134 valence electrons. The first-order valence-corrected chi connectivity index (χ1v) is 8.53. The van der Waals surface area contributed by atoms with Gasteiger partial charge in [0.1, 0.15) is 17.2 Å². The number of para-hydroxylation sites is 2. The molecule has 0 aromatic heterocycles. The topological polar surface area (TPSA) is 65.1 Å². The molecule has 1 heterocycles. The highest BCUT2D eigenvalue weighted by molar-refractivity contribution is 8.19. The number of rotatable bonds is 5. The molecule has 7 heteroatoms. The van der Waals surface area contributed by atoms with Crippen molar-refractivity contribution in [2.45, 2.75) is 0 Å². The summed E-state index contributed by atoms with van der Waals surface area (Å²) in [7, 11) is 4.59. The second-order valence-corrected chi connectivity index (χ2v) is 6.29. The quantitative estimate of drug-likeness (QED) is 0.742. The molecule has 0 bridgehead atoms. The van der Waals surface area contributed by atoms with Crippen molar-refractivity contribution in [3.63, 3.8) is 0 Å². The molecule has 1 aliphatic heterocycles. The van der Waals surface area contributed by atoms with Crippen molar-refractivity contribution >= 4 is 34.7 Å². The second kappa shape index (κ2) is 7.53. The van der Waals surface area contributed by atoms with Gasteiger partial charge in [0.25, 0.3) is 11.1 Å². The van der Waals surface area contributed by atoms with E-state index in [1.54, 1.807) is 62.8 Å². The third kappa shape index (κ3) is 3.25. The van der Waals surface area contributed by atoms with Gasteiger partial charge in [0.15, 0.2) is 0 Å². The standard InChI is InChI=1S/C19H17NO5S/c1-23-13-8-9-15(24-2)12(10-13)11-17-18(21)20(19(22)26-17)14-6-4-5-7-16(14)25-3/h4-11H,1-3H3/b17-11-. The molecule has 0 unspecified atom stereocenters. The first-order valence-electron chi connectivity index (χ1n) is 7.72. The molecule has 6 nitrogen and oxygen atoms in total. The molecule has 26 heavy (non-hydrogen) atoms. The Morgan fingerprint density at radius 1 is 0.923 bits per heavy atom. The summed E-state index contributed by atoms with van der Waals surface area (Å²) < 4.78 is 15.8. The summed E-state index contributed by atoms with van der Waals surface area (Å²) >= 11 is 0.870. The van der Waals surface area contributed by atoms with Gasteiger partial charge in [0, 0.05) is 5.56 Å². The molecule has 0 saturated carbocycles. The molecule has 3 rings (SSSR count). The van der Waals surface area contributed by atoms with Gasteiger partial charge < -0.3 is 14.2 Å². The maximum absolute atomic E-state index is 12.8. The van der Waals surface area contributed by atoms with Crippen LogP contribution in [0.5, 0.6) is 17.2 Å². The summed E-state index contributed by atoms with van der Waals surface area (Å²) in [6.45, 7) is 0. The largest absolute Gasteiger partial charge is 0.497 e. The Balaban J connectivity index is 2.00. The maximum Gasteiger partial charge on any atom is 0.298 e. The highest BCUT2D eigenvalue weighted by Gasteiger charge is 2.37. The van der Waals surface area contributed by atoms with Crippen LogP contribution in [-0.4, -0.2) is 32.5 Å². The summed E-state index contributed by atoms with van der Waals surface area (Å²) in [4.78, 5) is 26.7. The number of thioether (sulfide) groups is 1. The van der Waals surface area contributed by atoms with Gasteiger partial charge in [-0.25, -0.2) is 4.90 Å². The van der Waals surface area contributed by atoms with Crippen molar-refractivity contribution in [3.8, 4) is 17.2 Å². The first kappa shape index (κ1) is 17.9. The third-order valence-electron chi connectivity index (χ3n) is 3.84. The zero-order valence-electron chi connectivity index (χ0n) is 14.5. The number of imide groups is 1. The van der Waals surface area contributed by atoms with Crippen LogP contribution in [0.15, 0.2) is 47.4 Å². The van der Waals surface area contributed by atoms with E-state index < -0.39 is 5.91 Å². The number of hydrogen-bond donors (Lipinski definition) is 0. The van der Waals surface area contributed by atoms with Crippen LogP contribution < -0.4 is 19.1 Å². The van der Waals surface area contributed by atoms with Crippen molar-refractivity contribution < 1.29 is 23.8 Å². The van der Waals surface area contributed by atoms with Crippen LogP contribution in [0, 0.1) is 0 Å². The fraction of sp³-hybridized carbons (Fsp3) is 0.158. The summed E-state index contributed by atoms with van der Waals surface area (Å²) in [5.41, 5.74) is 1.07. The Morgan fingerprint density at radius 2 is 1.65 bits per heavy atom. The fourth-order valence-corrected chi connectivity index (χ4v) is 3.41. The minimum atomic E-state index is -0.408. The van der Waals surface area contributed by atoms with E-state index >= 15 is 0 Å². The molecule has 1 saturated heterocycles. The van der Waals surface area contributed by atoms with Gasteiger partial charge in [-0.15, -0.1) is 0 Å². The Kier molecular flexibility index (Phi) is 5.18. The van der Waals surface area contributed by atoms with E-state index in [-0.39, 0.29) is 5.24 Å². The monoisotopic (exact) mass is 371 g/mol. The first-order chi connectivity index (χ1) is 12.6. The van der Waals surface area contributed by atoms with Crippen molar-refractivity contribution in [2.24, 2.45) is 0 Å². The lowest BCUT2D eigenvalue weighted by molar-refractivity contribution is -0.113. The lowest BCUT2D eigenvalue weighted by atomic mass is 10.1. The Bertz CT molecular complexity index is 893. The number of carbonyl (C=O) groups is 2. The van der Waals surface area contributed by atoms with Gasteiger partial charge in [-0.05, 0) is 48.2 Å². The Labute approximate surface area is 155 Å². The fourth-order valence-electron chi connectivity index (χ4n) is 2.58. The molecule has 2 aromatic rings. The molecule has 0 aliphatic carbocycles. The van der Waals surface area contributed by atoms with E-state index in [1.165, 1.54) is 7.11 Å². The molecular formula is C19H17NO5S. The van der Waals surface area contributed by atoms with Gasteiger partial charge >= 0.3 is 0 Å². The van der Waals surface area contributed by atoms with Crippen molar-refractivity contribution in [3.05, 3.63) is 52.9 Å². The van der Waals surface area contributed by atoms with Gasteiger partial charge in [-0.1, -0.05) is 12.1 Å². The van der Waals surface area contributed by atoms with Crippen LogP contribution in [-0.2, 0) is 4.79 Å². The lowest BCUT2D eigenvalue weighted by Gasteiger charge is -2.15. The molecule has 0 atom stereocenters. The van der Waals surface area contributed by atoms with Crippen molar-refractivity contribution in [1.82, 2.24) is 0 Å². The van der Waals surface area contributed by atoms with Crippen LogP contribution in [0.4, 0.5) is 10.5 Å². The SMILES string of the molecule is COc1ccc(OC)c(/C=C2\SC(=O)N(c3ccccc3OC)C2=O)c1. The van der Waals surface area contributed by atoms with Crippen LogP contribution >= 0.6 is 11.8 Å². The highest BCUT2D eigenvalue weighted by atomic mass is 32.2. The number of anilines is 1. The zero-order chi connectivity index (χ0) is 18.7. The van der Waals surface area contributed by atoms with Crippen molar-refractivity contribution in [1.29, 1.82) is 0 Å². The number of ether oxygens (including phenoxy) is 3. The van der Waals surface area contributed by atoms with Gasteiger partial charge in [0.2, 0.25) is 0 Å². The van der Waals surface area contributed by atoms with Crippen LogP contribution in [0.3, 0.4) is 0 Å². The van der Waals surface area contributed by atoms with Gasteiger partial charge in [-0.2, -0.15) is 0 Å². The van der Waals surface area contributed by atoms with E-state index in [0.717, 1.165) is 16.7 Å². The van der Waals surface area contributed by atoms with Gasteiger partial charge in [0.05, 0.1) is 31.9 Å². The predicted octanol–water partition coefficient (Wildman–Crippen LogP) is 3.95. The molecule has 0 radical (unpaired) electrons. The summed E-state index contributed by atoms with van der Waals surface area (Å²) in [6, 6.07) is 12.1. The molecule has 1 fully saturated rings. The number of benzene rings is 2. The predicted molar refractivity (Wildman–Crippen MR) is 101 cm³/mol. The summed E-state index contributed by atoms with van der Waals surface area (Å²) in [5, 5.41) is -0.382. The molecule has 0 spiro atoms. The number of nitrogens with zero attached hydrogens (tertiary/aromatic N) is 1. The summed E-state index contributed by atoms with van der Waals surface area (Å²) in [6.07, 6.45) is 1.63. The van der Waals surface area contributed by atoms with E-state index in [4.69, 9.17) is 14.2 Å². The average Bonchev–Trinajstić information content (AvgIpc) is 2.94. The third-order valence-corrected chi connectivity index (χ3v) is 4.71. The van der Waals surface area contributed by atoms with Gasteiger partial charge in [-0.3, -0.25) is 9.59 Å². The summed E-state index contributed by atoms with van der Waals surface area (Å²) in [5.74, 6) is 1.25. The van der Waals surface area contributed by atoms with Crippen LogP contribution in [0.2, 0.25) is 0 Å². The molecular weight excluding hydrogens is 354 g/mol. The van der Waals surface area contributed by atoms with E-state index in [1.807, 2.05) is 0 Å². The zero-order valence-corrected chi connectivity index (χ0v) is 15.3. The number of hydrogen-bond acceptors (Lipinski definition) is 6. The molecule has 1 aliphatic rings. The maximum atomic E-state index is 12.8. The minimum absolute atomic E-state index is 0.299. The molecule has 2 aromatic carbocycles. The van der Waals surface area contributed by atoms with E-state index in [0.29, 0.717) is 33.4 Å². The molecule has 0 N–H and O–H groups in total. The second-order valence-electron chi connectivity index (χ2n) is 5.30. The van der Waals surface area contributed by atoms with Crippen LogP contribution in [0.25, 0.3) is 6.08 Å². The Morgan fingerprint density at radius 3 is 2.35 bits per heavy atom. The van der Waals surface area contributed by atoms with E-state index in [2.05, 4.69) is 0 Å². The smallest absolute Gasteiger partial charge is 0.298 e. The molecule has 2 amide bonds. The Hall–Kier alpha value is -2.93. The minimum Gasteiger partial charge on any atom is -0.497 e. The van der Waals surface area contributed by atoms with Crippen LogP contribution in [0.1, 0.15) is 5.56 Å².